The fraction of sp³-hybridized carbons (Fsp3) is 0.633. The molecule has 1 unspecified atom stereocenters. The Morgan fingerprint density at radius 3 is 2.59 bits per heavy atom. The van der Waals surface area contributed by atoms with E-state index < -0.39 is 41.1 Å². The number of carbonyl (C=O) groups excluding carboxylic acids is 1. The summed E-state index contributed by atoms with van der Waals surface area (Å²) >= 11 is 0. The molecule has 7 heteroatoms. The highest BCUT2D eigenvalue weighted by Gasteiger charge is 2.77. The number of para-hydroxylation sites is 1. The van der Waals surface area contributed by atoms with Gasteiger partial charge in [0.1, 0.15) is 11.7 Å². The lowest BCUT2D eigenvalue weighted by molar-refractivity contribution is -0.312. The zero-order valence-electron chi connectivity index (χ0n) is 22.5. The van der Waals surface area contributed by atoms with Gasteiger partial charge in [-0.25, -0.2) is 4.79 Å². The largest absolute Gasteiger partial charge is 0.451 e. The minimum absolute atomic E-state index is 0.0884. The van der Waals surface area contributed by atoms with Crippen LogP contribution in [0.1, 0.15) is 58.3 Å². The fourth-order valence-electron chi connectivity index (χ4n) is 8.46. The van der Waals surface area contributed by atoms with Gasteiger partial charge < -0.3 is 30.2 Å². The Balaban J connectivity index is 1.52. The number of rotatable bonds is 2. The Kier molecular flexibility index (Phi) is 5.22. The minimum Gasteiger partial charge on any atom is -0.451 e. The lowest BCUT2D eigenvalue weighted by Crippen LogP contribution is -2.69. The van der Waals surface area contributed by atoms with Crippen LogP contribution in [0, 0.1) is 34.5 Å². The van der Waals surface area contributed by atoms with Gasteiger partial charge in [0.25, 0.3) is 0 Å². The maximum atomic E-state index is 13.4. The number of carbonyl (C=O) groups is 1. The van der Waals surface area contributed by atoms with E-state index in [0.29, 0.717) is 17.2 Å². The molecule has 200 valence electrons. The first-order valence-corrected chi connectivity index (χ1v) is 13.4. The molecule has 37 heavy (non-hydrogen) atoms. The highest BCUT2D eigenvalue weighted by Crippen LogP contribution is 2.73. The lowest BCUT2D eigenvalue weighted by Gasteiger charge is -2.55. The molecule has 1 aromatic rings. The monoisotopic (exact) mass is 509 g/mol. The van der Waals surface area contributed by atoms with Gasteiger partial charge in [-0.15, -0.1) is 0 Å². The molecule has 1 heterocycles. The van der Waals surface area contributed by atoms with Crippen molar-refractivity contribution in [3.63, 3.8) is 0 Å². The van der Waals surface area contributed by atoms with Crippen molar-refractivity contribution in [2.45, 2.75) is 77.7 Å². The van der Waals surface area contributed by atoms with Crippen LogP contribution in [0.4, 0.5) is 5.69 Å². The standard InChI is InChI=1S/C30H39NO6/c1-15-13-29-16(2)11-20-22(27(20,3)4)19(23(29)32)12-17-14-35-28(5,6)37-25(17)30(29,34)24(15)36-26(33)18-9-7-8-10-21(18)31/h7-10,12-13,16,19-20,22-25,32,34H,11,14,31H2,1-6H3/t16-,19+,20-,22+,23?,24+,25-,29+,30-/m1/s1. The molecule has 1 aliphatic heterocycles. The number of nitrogens with two attached hydrogens (primary N) is 1. The number of fused-ring (bicyclic) bond motifs is 5. The van der Waals surface area contributed by atoms with Gasteiger partial charge >= 0.3 is 5.97 Å². The molecule has 0 amide bonds. The SMILES string of the molecule is CC1=C[C@]23C(O)[C@@H](C=C4COC(C)(C)O[C@H]4[C@]2(O)[C@H]1OC(=O)c1ccccc1N)[C@H]1[C@@H](C[C@H]3C)C1(C)C. The third-order valence-corrected chi connectivity index (χ3v) is 10.3. The molecular formula is C30H39NO6. The molecule has 4 N–H and O–H groups in total. The predicted octanol–water partition coefficient (Wildman–Crippen LogP) is 3.85. The predicted molar refractivity (Wildman–Crippen MR) is 138 cm³/mol. The first-order chi connectivity index (χ1) is 17.3. The van der Waals surface area contributed by atoms with E-state index in [4.69, 9.17) is 19.9 Å². The van der Waals surface area contributed by atoms with Crippen molar-refractivity contribution in [1.82, 2.24) is 0 Å². The van der Waals surface area contributed by atoms with Crippen LogP contribution in [-0.2, 0) is 14.2 Å². The Morgan fingerprint density at radius 1 is 1.19 bits per heavy atom. The summed E-state index contributed by atoms with van der Waals surface area (Å²) in [5, 5.41) is 25.3. The molecule has 0 aromatic heterocycles. The molecule has 1 spiro atoms. The Morgan fingerprint density at radius 2 is 1.89 bits per heavy atom. The number of nitrogen functional groups attached to an aromatic ring is 1. The molecule has 4 aliphatic carbocycles. The molecule has 1 aromatic carbocycles. The summed E-state index contributed by atoms with van der Waals surface area (Å²) in [6, 6.07) is 6.75. The number of hydrogen-bond acceptors (Lipinski definition) is 7. The second-order valence-electron chi connectivity index (χ2n) is 13.1. The van der Waals surface area contributed by atoms with Crippen molar-refractivity contribution in [1.29, 1.82) is 0 Å². The maximum absolute atomic E-state index is 13.4. The number of esters is 1. The van der Waals surface area contributed by atoms with Crippen LogP contribution in [0.2, 0.25) is 0 Å². The number of anilines is 1. The van der Waals surface area contributed by atoms with E-state index in [1.807, 2.05) is 26.8 Å². The first-order valence-electron chi connectivity index (χ1n) is 13.4. The van der Waals surface area contributed by atoms with Gasteiger partial charge in [0.15, 0.2) is 11.9 Å². The van der Waals surface area contributed by atoms with Gasteiger partial charge in [0.2, 0.25) is 0 Å². The number of aliphatic hydroxyl groups excluding tert-OH is 1. The topological polar surface area (TPSA) is 111 Å². The smallest absolute Gasteiger partial charge is 0.340 e. The fourth-order valence-corrected chi connectivity index (χ4v) is 8.46. The van der Waals surface area contributed by atoms with E-state index >= 15 is 0 Å². The van der Waals surface area contributed by atoms with Crippen molar-refractivity contribution < 1.29 is 29.2 Å². The van der Waals surface area contributed by atoms with Crippen LogP contribution in [0.5, 0.6) is 0 Å². The lowest BCUT2D eigenvalue weighted by atomic mass is 9.58. The quantitative estimate of drug-likeness (QED) is 0.315. The third-order valence-electron chi connectivity index (χ3n) is 10.3. The van der Waals surface area contributed by atoms with Crippen molar-refractivity contribution >= 4 is 11.7 Å². The molecule has 2 bridgehead atoms. The van der Waals surface area contributed by atoms with Gasteiger partial charge in [0.05, 0.1) is 23.7 Å². The van der Waals surface area contributed by atoms with Crippen LogP contribution in [0.25, 0.3) is 0 Å². The summed E-state index contributed by atoms with van der Waals surface area (Å²) in [5.74, 6) is -1.12. The molecule has 7 nitrogen and oxygen atoms in total. The Hall–Kier alpha value is -2.19. The van der Waals surface area contributed by atoms with E-state index in [1.54, 1.807) is 24.3 Å². The summed E-state index contributed by atoms with van der Waals surface area (Å²) in [5.41, 5.74) is 5.43. The number of hydrogen-bond donors (Lipinski definition) is 3. The van der Waals surface area contributed by atoms with E-state index in [-0.39, 0.29) is 35.3 Å². The van der Waals surface area contributed by atoms with Crippen LogP contribution < -0.4 is 5.73 Å². The van der Waals surface area contributed by atoms with Gasteiger partial charge in [-0.1, -0.05) is 45.1 Å². The van der Waals surface area contributed by atoms with Crippen molar-refractivity contribution in [3.8, 4) is 0 Å². The van der Waals surface area contributed by atoms with Gasteiger partial charge in [0, 0.05) is 11.6 Å². The van der Waals surface area contributed by atoms with E-state index in [0.717, 1.165) is 12.0 Å². The van der Waals surface area contributed by atoms with E-state index in [9.17, 15) is 15.0 Å². The highest BCUT2D eigenvalue weighted by atomic mass is 16.7. The third kappa shape index (κ3) is 3.17. The van der Waals surface area contributed by atoms with Crippen LogP contribution in [0.3, 0.4) is 0 Å². The van der Waals surface area contributed by atoms with E-state index in [2.05, 4.69) is 26.8 Å². The molecule has 3 fully saturated rings. The van der Waals surface area contributed by atoms with Gasteiger partial charge in [-0.3, -0.25) is 0 Å². The molecule has 5 aliphatic rings. The minimum atomic E-state index is -1.74. The molecule has 6 rings (SSSR count). The average molecular weight is 510 g/mol. The van der Waals surface area contributed by atoms with Gasteiger partial charge in [-0.05, 0) is 73.6 Å². The Labute approximate surface area is 218 Å². The summed E-state index contributed by atoms with van der Waals surface area (Å²) < 4.78 is 18.7. The normalized spacial score (nSPS) is 44.7. The van der Waals surface area contributed by atoms with Crippen LogP contribution in [0.15, 0.2) is 47.6 Å². The maximum Gasteiger partial charge on any atom is 0.340 e. The van der Waals surface area contributed by atoms with Crippen LogP contribution in [-0.4, -0.2) is 52.5 Å². The number of aliphatic hydroxyl groups is 2. The second kappa shape index (κ2) is 7.69. The molecular weight excluding hydrogens is 470 g/mol. The zero-order chi connectivity index (χ0) is 26.7. The Bertz CT molecular complexity index is 1220. The second-order valence-corrected chi connectivity index (χ2v) is 13.1. The van der Waals surface area contributed by atoms with E-state index in [1.165, 1.54) is 0 Å². The summed E-state index contributed by atoms with van der Waals surface area (Å²) in [6.45, 7) is 12.4. The first kappa shape index (κ1) is 25.1. The van der Waals surface area contributed by atoms with Crippen LogP contribution >= 0.6 is 0 Å². The summed E-state index contributed by atoms with van der Waals surface area (Å²) in [4.78, 5) is 13.4. The van der Waals surface area contributed by atoms with Crippen molar-refractivity contribution in [2.24, 2.45) is 34.5 Å². The van der Waals surface area contributed by atoms with Crippen molar-refractivity contribution in [3.05, 3.63) is 53.1 Å². The van der Waals surface area contributed by atoms with Gasteiger partial charge in [-0.2, -0.15) is 0 Å². The average Bonchev–Trinajstić information content (AvgIpc) is 3.31. The molecule has 1 saturated heterocycles. The molecule has 9 atom stereocenters. The molecule has 2 saturated carbocycles. The highest BCUT2D eigenvalue weighted by molar-refractivity contribution is 5.95. The zero-order valence-corrected chi connectivity index (χ0v) is 22.5. The summed E-state index contributed by atoms with van der Waals surface area (Å²) in [7, 11) is 0. The molecule has 0 radical (unpaired) electrons. The van der Waals surface area contributed by atoms with Crippen molar-refractivity contribution in [2.75, 3.05) is 12.3 Å². The summed E-state index contributed by atoms with van der Waals surface area (Å²) in [6.07, 6.45) is 2.22. The number of ether oxygens (including phenoxy) is 3. The number of benzene rings is 1.